The predicted octanol–water partition coefficient (Wildman–Crippen LogP) is 2.55. The van der Waals surface area contributed by atoms with E-state index in [9.17, 15) is 23.1 Å². The average Bonchev–Trinajstić information content (AvgIpc) is 3.02. The molecule has 1 aromatic carbocycles. The van der Waals surface area contributed by atoms with Crippen molar-refractivity contribution in [1.29, 1.82) is 0 Å². The van der Waals surface area contributed by atoms with E-state index in [1.54, 1.807) is 4.90 Å². The first-order chi connectivity index (χ1) is 13.3. The van der Waals surface area contributed by atoms with E-state index < -0.39 is 28.3 Å². The van der Waals surface area contributed by atoms with E-state index in [1.807, 2.05) is 0 Å². The summed E-state index contributed by atoms with van der Waals surface area (Å²) in [6, 6.07) is 3.58. The first-order valence-corrected chi connectivity index (χ1v) is 11.6. The first kappa shape index (κ1) is 20.9. The molecule has 1 unspecified atom stereocenters. The monoisotopic (exact) mass is 429 g/mol. The van der Waals surface area contributed by atoms with E-state index in [2.05, 4.69) is 0 Å². The molecule has 9 heteroatoms. The fraction of sp³-hybridized carbons (Fsp3) is 0.579. The third-order valence-electron chi connectivity index (χ3n) is 5.36. The van der Waals surface area contributed by atoms with Gasteiger partial charge in [0.2, 0.25) is 0 Å². The summed E-state index contributed by atoms with van der Waals surface area (Å²) in [6.07, 6.45) is 5.14. The summed E-state index contributed by atoms with van der Waals surface area (Å²) in [5.74, 6) is -1.50. The second kappa shape index (κ2) is 8.69. The third-order valence-corrected chi connectivity index (χ3v) is 7.35. The van der Waals surface area contributed by atoms with Gasteiger partial charge in [0.05, 0.1) is 11.5 Å². The number of esters is 1. The molecule has 1 saturated carbocycles. The van der Waals surface area contributed by atoms with E-state index in [-0.39, 0.29) is 39.9 Å². The summed E-state index contributed by atoms with van der Waals surface area (Å²) in [4.78, 5) is 26.8. The molecule has 1 saturated heterocycles. The van der Waals surface area contributed by atoms with Crippen molar-refractivity contribution in [2.24, 2.45) is 0 Å². The van der Waals surface area contributed by atoms with Gasteiger partial charge in [-0.15, -0.1) is 0 Å². The molecule has 1 aromatic rings. The number of rotatable bonds is 5. The SMILES string of the molecule is O=C(OCC(=O)N(C1CCCCC1)C1CCS(=O)(=O)C1)c1cc(Cl)ccc1O. The third kappa shape index (κ3) is 4.97. The van der Waals surface area contributed by atoms with Crippen molar-refractivity contribution in [2.45, 2.75) is 50.6 Å². The van der Waals surface area contributed by atoms with E-state index in [0.29, 0.717) is 6.42 Å². The number of halogens is 1. The van der Waals surface area contributed by atoms with Crippen LogP contribution in [-0.2, 0) is 19.4 Å². The van der Waals surface area contributed by atoms with Crippen molar-refractivity contribution in [3.8, 4) is 5.75 Å². The lowest BCUT2D eigenvalue weighted by molar-refractivity contribution is -0.140. The fourth-order valence-electron chi connectivity index (χ4n) is 4.01. The van der Waals surface area contributed by atoms with Gasteiger partial charge in [0.1, 0.15) is 11.3 Å². The standard InChI is InChI=1S/C19H24ClNO6S/c20-13-6-7-17(22)16(10-13)19(24)27-11-18(23)21(14-4-2-1-3-5-14)15-8-9-28(25,26)12-15/h6-7,10,14-15,22H,1-5,8-9,11-12H2. The van der Waals surface area contributed by atoms with Gasteiger partial charge in [-0.25, -0.2) is 13.2 Å². The Labute approximate surface area is 169 Å². The van der Waals surface area contributed by atoms with Crippen LogP contribution in [-0.4, -0.2) is 60.5 Å². The van der Waals surface area contributed by atoms with Crippen LogP contribution < -0.4 is 0 Å². The van der Waals surface area contributed by atoms with E-state index in [0.717, 1.165) is 32.1 Å². The molecule has 1 heterocycles. The Morgan fingerprint density at radius 1 is 1.14 bits per heavy atom. The Balaban J connectivity index is 1.70. The number of hydrogen-bond donors (Lipinski definition) is 1. The number of carbonyl (C=O) groups is 2. The summed E-state index contributed by atoms with van der Waals surface area (Å²) in [7, 11) is -3.15. The van der Waals surface area contributed by atoms with Crippen molar-refractivity contribution in [3.63, 3.8) is 0 Å². The maximum Gasteiger partial charge on any atom is 0.342 e. The van der Waals surface area contributed by atoms with E-state index in [1.165, 1.54) is 18.2 Å². The number of hydrogen-bond acceptors (Lipinski definition) is 6. The predicted molar refractivity (Wildman–Crippen MR) is 104 cm³/mol. The Morgan fingerprint density at radius 2 is 1.86 bits per heavy atom. The van der Waals surface area contributed by atoms with Gasteiger partial charge < -0.3 is 14.7 Å². The molecular formula is C19H24ClNO6S. The number of benzene rings is 1. The van der Waals surface area contributed by atoms with Gasteiger partial charge in [0, 0.05) is 17.1 Å². The Hall–Kier alpha value is -1.80. The molecule has 1 aliphatic heterocycles. The minimum absolute atomic E-state index is 0.0298. The summed E-state index contributed by atoms with van der Waals surface area (Å²) >= 11 is 5.84. The Bertz CT molecular complexity index is 850. The van der Waals surface area contributed by atoms with Crippen LogP contribution in [0.15, 0.2) is 18.2 Å². The second-order valence-corrected chi connectivity index (χ2v) is 10.1. The molecule has 1 N–H and O–H groups in total. The molecule has 0 bridgehead atoms. The normalized spacial score (nSPS) is 22.0. The first-order valence-electron chi connectivity index (χ1n) is 9.44. The molecule has 0 spiro atoms. The van der Waals surface area contributed by atoms with Crippen LogP contribution in [0.4, 0.5) is 0 Å². The van der Waals surface area contributed by atoms with Gasteiger partial charge in [-0.2, -0.15) is 0 Å². The highest BCUT2D eigenvalue weighted by molar-refractivity contribution is 7.91. The maximum absolute atomic E-state index is 12.9. The quantitative estimate of drug-likeness (QED) is 0.722. The molecule has 3 rings (SSSR count). The van der Waals surface area contributed by atoms with Crippen molar-refractivity contribution >= 4 is 33.3 Å². The zero-order valence-corrected chi connectivity index (χ0v) is 17.0. The van der Waals surface area contributed by atoms with E-state index >= 15 is 0 Å². The highest BCUT2D eigenvalue weighted by Crippen LogP contribution is 2.29. The lowest BCUT2D eigenvalue weighted by Crippen LogP contribution is -2.50. The molecule has 154 valence electrons. The largest absolute Gasteiger partial charge is 0.507 e. The van der Waals surface area contributed by atoms with Crippen molar-refractivity contribution < 1.29 is 27.9 Å². The van der Waals surface area contributed by atoms with Crippen LogP contribution >= 0.6 is 11.6 Å². The molecule has 2 fully saturated rings. The molecule has 1 aliphatic carbocycles. The Morgan fingerprint density at radius 3 is 2.50 bits per heavy atom. The van der Waals surface area contributed by atoms with Crippen LogP contribution in [0.25, 0.3) is 0 Å². The number of amides is 1. The molecule has 28 heavy (non-hydrogen) atoms. The second-order valence-electron chi connectivity index (χ2n) is 7.39. The van der Waals surface area contributed by atoms with Crippen LogP contribution in [0, 0.1) is 0 Å². The molecule has 2 aliphatic rings. The van der Waals surface area contributed by atoms with Gasteiger partial charge in [-0.1, -0.05) is 30.9 Å². The Kier molecular flexibility index (Phi) is 6.50. The van der Waals surface area contributed by atoms with Gasteiger partial charge in [-0.3, -0.25) is 4.79 Å². The molecule has 7 nitrogen and oxygen atoms in total. The molecule has 0 aromatic heterocycles. The highest BCUT2D eigenvalue weighted by atomic mass is 35.5. The number of carbonyl (C=O) groups excluding carboxylic acids is 2. The molecule has 1 amide bonds. The zero-order chi connectivity index (χ0) is 20.3. The molecule has 0 radical (unpaired) electrons. The number of sulfone groups is 1. The minimum Gasteiger partial charge on any atom is -0.507 e. The average molecular weight is 430 g/mol. The summed E-state index contributed by atoms with van der Waals surface area (Å²) in [5.41, 5.74) is -0.118. The number of ether oxygens (including phenoxy) is 1. The molecule has 1 atom stereocenters. The van der Waals surface area contributed by atoms with Crippen LogP contribution in [0.2, 0.25) is 5.02 Å². The van der Waals surface area contributed by atoms with Crippen LogP contribution in [0.3, 0.4) is 0 Å². The van der Waals surface area contributed by atoms with Gasteiger partial charge >= 0.3 is 5.97 Å². The zero-order valence-electron chi connectivity index (χ0n) is 15.5. The summed E-state index contributed by atoms with van der Waals surface area (Å²) in [6.45, 7) is -0.502. The van der Waals surface area contributed by atoms with Crippen LogP contribution in [0.5, 0.6) is 5.75 Å². The van der Waals surface area contributed by atoms with Gasteiger partial charge in [0.15, 0.2) is 16.4 Å². The lowest BCUT2D eigenvalue weighted by Gasteiger charge is -2.38. The van der Waals surface area contributed by atoms with Gasteiger partial charge in [-0.05, 0) is 37.5 Å². The van der Waals surface area contributed by atoms with Crippen molar-refractivity contribution in [3.05, 3.63) is 28.8 Å². The van der Waals surface area contributed by atoms with Crippen molar-refractivity contribution in [2.75, 3.05) is 18.1 Å². The van der Waals surface area contributed by atoms with E-state index in [4.69, 9.17) is 16.3 Å². The van der Waals surface area contributed by atoms with Gasteiger partial charge in [0.25, 0.3) is 5.91 Å². The lowest BCUT2D eigenvalue weighted by atomic mass is 9.93. The number of phenols is 1. The van der Waals surface area contributed by atoms with Crippen LogP contribution in [0.1, 0.15) is 48.9 Å². The van der Waals surface area contributed by atoms with Crippen molar-refractivity contribution in [1.82, 2.24) is 4.90 Å². The summed E-state index contributed by atoms with van der Waals surface area (Å²) in [5, 5.41) is 10.1. The fourth-order valence-corrected chi connectivity index (χ4v) is 5.89. The number of aromatic hydroxyl groups is 1. The highest BCUT2D eigenvalue weighted by Gasteiger charge is 2.38. The minimum atomic E-state index is -3.15. The topological polar surface area (TPSA) is 101 Å². The number of nitrogens with zero attached hydrogens (tertiary/aromatic N) is 1. The number of phenolic OH excluding ortho intramolecular Hbond substituents is 1. The summed E-state index contributed by atoms with van der Waals surface area (Å²) < 4.78 is 28.9. The molecular weight excluding hydrogens is 406 g/mol. The smallest absolute Gasteiger partial charge is 0.342 e. The maximum atomic E-state index is 12.9.